The monoisotopic (exact) mass is 434 g/mol. The second kappa shape index (κ2) is 11.2. The molecule has 156 valence electrons. The van der Waals surface area contributed by atoms with Crippen molar-refractivity contribution in [3.8, 4) is 0 Å². The van der Waals surface area contributed by atoms with Crippen LogP contribution in [0, 0.1) is 6.92 Å². The van der Waals surface area contributed by atoms with Crippen LogP contribution in [0.3, 0.4) is 0 Å². The van der Waals surface area contributed by atoms with E-state index in [9.17, 15) is 9.59 Å². The van der Waals surface area contributed by atoms with E-state index >= 15 is 0 Å². The third kappa shape index (κ3) is 6.48. The summed E-state index contributed by atoms with van der Waals surface area (Å²) in [5.41, 5.74) is 2.68. The number of nitrogens with zero attached hydrogens (tertiary/aromatic N) is 1. The summed E-state index contributed by atoms with van der Waals surface area (Å²) in [6.45, 7) is 6.65. The maximum Gasteiger partial charge on any atom is 0.242 e. The van der Waals surface area contributed by atoms with Crippen LogP contribution in [0.1, 0.15) is 43.4 Å². The Hall–Kier alpha value is -2.04. The molecule has 1 atom stereocenters. The molecule has 0 aromatic heterocycles. The van der Waals surface area contributed by atoms with E-state index in [4.69, 9.17) is 23.2 Å². The van der Waals surface area contributed by atoms with Crippen molar-refractivity contribution in [3.05, 3.63) is 69.2 Å². The molecule has 0 saturated carbocycles. The predicted octanol–water partition coefficient (Wildman–Crippen LogP) is 5.18. The van der Waals surface area contributed by atoms with Crippen LogP contribution < -0.4 is 5.32 Å². The van der Waals surface area contributed by atoms with Crippen molar-refractivity contribution in [3.63, 3.8) is 0 Å². The van der Waals surface area contributed by atoms with Gasteiger partial charge in [-0.05, 0) is 37.5 Å². The lowest BCUT2D eigenvalue weighted by atomic mass is 10.1. The first-order valence-corrected chi connectivity index (χ1v) is 10.7. The number of hydrogen-bond donors (Lipinski definition) is 1. The molecule has 1 N–H and O–H groups in total. The molecule has 0 aliphatic carbocycles. The fourth-order valence-electron chi connectivity index (χ4n) is 3.12. The van der Waals surface area contributed by atoms with Gasteiger partial charge in [0.2, 0.25) is 11.8 Å². The van der Waals surface area contributed by atoms with Crippen LogP contribution in [0.2, 0.25) is 10.0 Å². The highest BCUT2D eigenvalue weighted by Crippen LogP contribution is 2.27. The summed E-state index contributed by atoms with van der Waals surface area (Å²) in [5.74, 6) is -0.293. The van der Waals surface area contributed by atoms with Gasteiger partial charge in [-0.15, -0.1) is 0 Å². The van der Waals surface area contributed by atoms with Gasteiger partial charge in [-0.1, -0.05) is 72.9 Å². The van der Waals surface area contributed by atoms with Crippen molar-refractivity contribution in [1.82, 2.24) is 10.2 Å². The van der Waals surface area contributed by atoms with Crippen LogP contribution in [-0.2, 0) is 22.6 Å². The lowest BCUT2D eigenvalue weighted by Gasteiger charge is -2.31. The van der Waals surface area contributed by atoms with Crippen molar-refractivity contribution in [2.75, 3.05) is 6.54 Å². The molecular formula is C23H28Cl2N2O2. The maximum absolute atomic E-state index is 13.3. The highest BCUT2D eigenvalue weighted by Gasteiger charge is 2.29. The van der Waals surface area contributed by atoms with Crippen molar-refractivity contribution >= 4 is 35.0 Å². The minimum absolute atomic E-state index is 0.136. The number of carbonyl (C=O) groups excluding carboxylic acids is 2. The zero-order valence-corrected chi connectivity index (χ0v) is 18.7. The standard InChI is InChI=1S/C23H28Cl2N2O2/c1-4-13-26-23(29)21(5-2)27(15-18-19(24)7-6-8-20(18)25)22(28)14-17-11-9-16(3)10-12-17/h6-12,21H,4-5,13-15H2,1-3H3,(H,26,29)/t21-/m0/s1. The molecule has 2 amide bonds. The Balaban J connectivity index is 2.33. The van der Waals surface area contributed by atoms with E-state index in [1.807, 2.05) is 45.0 Å². The molecule has 0 aliphatic heterocycles. The van der Waals surface area contributed by atoms with Gasteiger partial charge in [0.1, 0.15) is 6.04 Å². The van der Waals surface area contributed by atoms with Crippen molar-refractivity contribution < 1.29 is 9.59 Å². The lowest BCUT2D eigenvalue weighted by molar-refractivity contribution is -0.140. The number of rotatable bonds is 9. The van der Waals surface area contributed by atoms with E-state index in [-0.39, 0.29) is 24.8 Å². The van der Waals surface area contributed by atoms with E-state index in [0.717, 1.165) is 17.5 Å². The Morgan fingerprint density at radius 2 is 1.66 bits per heavy atom. The Kier molecular flexibility index (Phi) is 8.99. The zero-order chi connectivity index (χ0) is 21.4. The Bertz CT molecular complexity index is 817. The summed E-state index contributed by atoms with van der Waals surface area (Å²) >= 11 is 12.7. The summed E-state index contributed by atoms with van der Waals surface area (Å²) in [4.78, 5) is 27.6. The number of hydrogen-bond acceptors (Lipinski definition) is 2. The molecule has 0 aliphatic rings. The van der Waals surface area contributed by atoms with Gasteiger partial charge in [0.25, 0.3) is 0 Å². The smallest absolute Gasteiger partial charge is 0.242 e. The van der Waals surface area contributed by atoms with Gasteiger partial charge in [0, 0.05) is 28.7 Å². The third-order valence-corrected chi connectivity index (χ3v) is 5.51. The average molecular weight is 435 g/mol. The number of halogens is 2. The molecule has 2 rings (SSSR count). The van der Waals surface area contributed by atoms with Gasteiger partial charge in [-0.3, -0.25) is 9.59 Å². The van der Waals surface area contributed by atoms with Crippen molar-refractivity contribution in [2.24, 2.45) is 0 Å². The minimum Gasteiger partial charge on any atom is -0.354 e. The topological polar surface area (TPSA) is 49.4 Å². The molecule has 0 unspecified atom stereocenters. The molecule has 0 saturated heterocycles. The molecule has 0 heterocycles. The Morgan fingerprint density at radius 1 is 1.03 bits per heavy atom. The lowest BCUT2D eigenvalue weighted by Crippen LogP contribution is -2.49. The van der Waals surface area contributed by atoms with Crippen LogP contribution in [-0.4, -0.2) is 29.3 Å². The van der Waals surface area contributed by atoms with Gasteiger partial charge in [0.15, 0.2) is 0 Å². The molecule has 2 aromatic rings. The predicted molar refractivity (Wildman–Crippen MR) is 119 cm³/mol. The van der Waals surface area contributed by atoms with E-state index in [1.54, 1.807) is 23.1 Å². The first-order chi connectivity index (χ1) is 13.9. The zero-order valence-electron chi connectivity index (χ0n) is 17.2. The fourth-order valence-corrected chi connectivity index (χ4v) is 3.64. The van der Waals surface area contributed by atoms with E-state index in [2.05, 4.69) is 5.32 Å². The first kappa shape index (κ1) is 23.2. The third-order valence-electron chi connectivity index (χ3n) is 4.80. The van der Waals surface area contributed by atoms with Gasteiger partial charge >= 0.3 is 0 Å². The SMILES string of the molecule is CCCNC(=O)[C@H](CC)N(Cc1c(Cl)cccc1Cl)C(=O)Cc1ccc(C)cc1. The molecule has 6 heteroatoms. The Morgan fingerprint density at radius 3 is 2.21 bits per heavy atom. The largest absolute Gasteiger partial charge is 0.354 e. The molecule has 0 bridgehead atoms. The highest BCUT2D eigenvalue weighted by atomic mass is 35.5. The number of amides is 2. The van der Waals surface area contributed by atoms with Gasteiger partial charge in [-0.25, -0.2) is 0 Å². The molecule has 0 radical (unpaired) electrons. The van der Waals surface area contributed by atoms with Gasteiger partial charge < -0.3 is 10.2 Å². The second-order valence-corrected chi connectivity index (χ2v) is 7.91. The van der Waals surface area contributed by atoms with Gasteiger partial charge in [0.05, 0.1) is 6.42 Å². The Labute approximate surface area is 183 Å². The average Bonchev–Trinajstić information content (AvgIpc) is 2.70. The van der Waals surface area contributed by atoms with E-state index < -0.39 is 6.04 Å². The normalized spacial score (nSPS) is 11.8. The van der Waals surface area contributed by atoms with Gasteiger partial charge in [-0.2, -0.15) is 0 Å². The number of aryl methyl sites for hydroxylation is 1. The molecular weight excluding hydrogens is 407 g/mol. The molecule has 29 heavy (non-hydrogen) atoms. The van der Waals surface area contributed by atoms with Crippen LogP contribution in [0.5, 0.6) is 0 Å². The van der Waals surface area contributed by atoms with Crippen LogP contribution in [0.25, 0.3) is 0 Å². The number of benzene rings is 2. The molecule has 0 spiro atoms. The van der Waals surface area contributed by atoms with Crippen LogP contribution >= 0.6 is 23.2 Å². The fraction of sp³-hybridized carbons (Fsp3) is 0.391. The molecule has 0 fully saturated rings. The van der Waals surface area contributed by atoms with Crippen molar-refractivity contribution in [1.29, 1.82) is 0 Å². The summed E-state index contributed by atoms with van der Waals surface area (Å²) in [5, 5.41) is 3.87. The molecule has 4 nitrogen and oxygen atoms in total. The first-order valence-electron chi connectivity index (χ1n) is 9.92. The maximum atomic E-state index is 13.3. The summed E-state index contributed by atoms with van der Waals surface area (Å²) in [7, 11) is 0. The minimum atomic E-state index is -0.591. The number of nitrogens with one attached hydrogen (secondary N) is 1. The summed E-state index contributed by atoms with van der Waals surface area (Å²) in [6.07, 6.45) is 1.53. The summed E-state index contributed by atoms with van der Waals surface area (Å²) in [6, 6.07) is 12.5. The van der Waals surface area contributed by atoms with Crippen LogP contribution in [0.4, 0.5) is 0 Å². The summed E-state index contributed by atoms with van der Waals surface area (Å²) < 4.78 is 0. The van der Waals surface area contributed by atoms with E-state index in [1.165, 1.54) is 0 Å². The van der Waals surface area contributed by atoms with E-state index in [0.29, 0.717) is 28.6 Å². The second-order valence-electron chi connectivity index (χ2n) is 7.10. The quantitative estimate of drug-likeness (QED) is 0.590. The number of carbonyl (C=O) groups is 2. The molecule has 2 aromatic carbocycles. The highest BCUT2D eigenvalue weighted by molar-refractivity contribution is 6.36. The van der Waals surface area contributed by atoms with Crippen LogP contribution in [0.15, 0.2) is 42.5 Å². The van der Waals surface area contributed by atoms with Crippen molar-refractivity contribution in [2.45, 2.75) is 52.6 Å².